The highest BCUT2D eigenvalue weighted by Crippen LogP contribution is 2.50. The molecule has 0 bridgehead atoms. The van der Waals surface area contributed by atoms with Gasteiger partial charge in [-0.3, -0.25) is 4.90 Å². The Kier molecular flexibility index (Phi) is 5.27. The molecule has 0 heterocycles. The summed E-state index contributed by atoms with van der Waals surface area (Å²) in [6.45, 7) is 4.51. The molecule has 122 valence electrons. The fourth-order valence-electron chi connectivity index (χ4n) is 5.83. The predicted octanol–water partition coefficient (Wildman–Crippen LogP) is 4.33. The van der Waals surface area contributed by atoms with E-state index in [1.54, 1.807) is 0 Å². The zero-order valence-electron chi connectivity index (χ0n) is 14.2. The summed E-state index contributed by atoms with van der Waals surface area (Å²) in [6.07, 6.45) is 17.6. The monoisotopic (exact) mass is 292 g/mol. The van der Waals surface area contributed by atoms with Crippen molar-refractivity contribution in [2.45, 2.75) is 96.1 Å². The molecule has 2 N–H and O–H groups in total. The van der Waals surface area contributed by atoms with Gasteiger partial charge in [-0.2, -0.15) is 0 Å². The molecule has 0 aromatic carbocycles. The van der Waals surface area contributed by atoms with E-state index in [4.69, 9.17) is 5.73 Å². The van der Waals surface area contributed by atoms with Crippen molar-refractivity contribution in [2.24, 2.45) is 17.1 Å². The van der Waals surface area contributed by atoms with Gasteiger partial charge in [0.05, 0.1) is 0 Å². The molecule has 0 amide bonds. The molecule has 0 aromatic rings. The second-order valence-corrected chi connectivity index (χ2v) is 8.12. The smallest absolute Gasteiger partial charge is 0.0138 e. The summed E-state index contributed by atoms with van der Waals surface area (Å²) < 4.78 is 0. The average Bonchev–Trinajstić information content (AvgIpc) is 2.99. The largest absolute Gasteiger partial charge is 0.330 e. The maximum absolute atomic E-state index is 6.08. The maximum atomic E-state index is 6.08. The standard InChI is InChI=1S/C19H36N2/c1-2-21(18-8-4-3-7-16(18)15-20)17-9-13-19(14-10-17)11-5-6-12-19/h16-18H,2-15,20H2,1H3. The quantitative estimate of drug-likeness (QED) is 0.835. The Hall–Kier alpha value is -0.0800. The van der Waals surface area contributed by atoms with Crippen molar-refractivity contribution in [1.82, 2.24) is 4.90 Å². The summed E-state index contributed by atoms with van der Waals surface area (Å²) in [5.41, 5.74) is 6.86. The Labute approximate surface area is 131 Å². The highest BCUT2D eigenvalue weighted by atomic mass is 15.2. The van der Waals surface area contributed by atoms with Gasteiger partial charge in [0, 0.05) is 12.1 Å². The van der Waals surface area contributed by atoms with Crippen LogP contribution in [0.5, 0.6) is 0 Å². The zero-order chi connectivity index (χ0) is 14.7. The number of nitrogens with two attached hydrogens (primary N) is 1. The lowest BCUT2D eigenvalue weighted by Gasteiger charge is -2.47. The molecular weight excluding hydrogens is 256 g/mol. The fraction of sp³-hybridized carbons (Fsp3) is 1.00. The molecule has 0 saturated heterocycles. The van der Waals surface area contributed by atoms with Crippen molar-refractivity contribution in [2.75, 3.05) is 13.1 Å². The second-order valence-electron chi connectivity index (χ2n) is 8.12. The summed E-state index contributed by atoms with van der Waals surface area (Å²) in [7, 11) is 0. The van der Waals surface area contributed by atoms with Crippen LogP contribution in [0.25, 0.3) is 0 Å². The first kappa shape index (κ1) is 15.8. The zero-order valence-corrected chi connectivity index (χ0v) is 14.2. The molecule has 2 nitrogen and oxygen atoms in total. The van der Waals surface area contributed by atoms with E-state index in [0.29, 0.717) is 0 Å². The van der Waals surface area contributed by atoms with Crippen LogP contribution in [0.2, 0.25) is 0 Å². The van der Waals surface area contributed by atoms with E-state index < -0.39 is 0 Å². The third kappa shape index (κ3) is 3.32. The van der Waals surface area contributed by atoms with Gasteiger partial charge in [0.15, 0.2) is 0 Å². The number of hydrogen-bond donors (Lipinski definition) is 1. The molecule has 0 radical (unpaired) electrons. The van der Waals surface area contributed by atoms with Gasteiger partial charge in [0.2, 0.25) is 0 Å². The van der Waals surface area contributed by atoms with Gasteiger partial charge in [-0.15, -0.1) is 0 Å². The topological polar surface area (TPSA) is 29.3 Å². The maximum Gasteiger partial charge on any atom is 0.0138 e. The summed E-state index contributed by atoms with van der Waals surface area (Å²) in [6, 6.07) is 1.65. The van der Waals surface area contributed by atoms with E-state index in [1.165, 1.54) is 83.6 Å². The van der Waals surface area contributed by atoms with Gasteiger partial charge in [-0.1, -0.05) is 32.6 Å². The molecule has 1 spiro atoms. The van der Waals surface area contributed by atoms with Crippen LogP contribution in [0.15, 0.2) is 0 Å². The molecular formula is C19H36N2. The third-order valence-electron chi connectivity index (χ3n) is 7.11. The Balaban J connectivity index is 1.61. The lowest BCUT2D eigenvalue weighted by atomic mass is 9.70. The van der Waals surface area contributed by atoms with Gasteiger partial charge in [0.1, 0.15) is 0 Å². The first-order chi connectivity index (χ1) is 10.3. The highest BCUT2D eigenvalue weighted by molar-refractivity contribution is 4.94. The highest BCUT2D eigenvalue weighted by Gasteiger charge is 2.40. The number of hydrogen-bond acceptors (Lipinski definition) is 2. The third-order valence-corrected chi connectivity index (χ3v) is 7.11. The molecule has 2 heteroatoms. The van der Waals surface area contributed by atoms with Gasteiger partial charge < -0.3 is 5.73 Å². The minimum Gasteiger partial charge on any atom is -0.330 e. The molecule has 2 atom stereocenters. The SMILES string of the molecule is CCN(C1CCC2(CCCC2)CC1)C1CCCCC1CN. The van der Waals surface area contributed by atoms with E-state index in [1.807, 2.05) is 0 Å². The summed E-state index contributed by atoms with van der Waals surface area (Å²) in [5.74, 6) is 0.765. The summed E-state index contributed by atoms with van der Waals surface area (Å²) in [4.78, 5) is 2.87. The van der Waals surface area contributed by atoms with Crippen LogP contribution in [0.3, 0.4) is 0 Å². The molecule has 3 fully saturated rings. The molecule has 3 aliphatic carbocycles. The van der Waals surface area contributed by atoms with Crippen molar-refractivity contribution in [3.8, 4) is 0 Å². The van der Waals surface area contributed by atoms with E-state index in [0.717, 1.165) is 30.0 Å². The average molecular weight is 293 g/mol. The molecule has 3 saturated carbocycles. The van der Waals surface area contributed by atoms with E-state index in [9.17, 15) is 0 Å². The summed E-state index contributed by atoms with van der Waals surface area (Å²) in [5, 5.41) is 0. The van der Waals surface area contributed by atoms with Crippen LogP contribution in [0.1, 0.15) is 84.0 Å². The molecule has 21 heavy (non-hydrogen) atoms. The molecule has 0 aromatic heterocycles. The Bertz CT molecular complexity index is 312. The van der Waals surface area contributed by atoms with Crippen molar-refractivity contribution in [3.63, 3.8) is 0 Å². The fourth-order valence-corrected chi connectivity index (χ4v) is 5.83. The minimum absolute atomic E-state index is 0.765. The normalized spacial score (nSPS) is 33.9. The lowest BCUT2D eigenvalue weighted by molar-refractivity contribution is 0.0281. The van der Waals surface area contributed by atoms with Gasteiger partial charge >= 0.3 is 0 Å². The van der Waals surface area contributed by atoms with Crippen molar-refractivity contribution in [1.29, 1.82) is 0 Å². The Morgan fingerprint density at radius 3 is 2.19 bits per heavy atom. The second kappa shape index (κ2) is 7.00. The summed E-state index contributed by atoms with van der Waals surface area (Å²) >= 11 is 0. The van der Waals surface area contributed by atoms with Crippen molar-refractivity contribution < 1.29 is 0 Å². The molecule has 3 aliphatic rings. The van der Waals surface area contributed by atoms with Gasteiger partial charge in [-0.25, -0.2) is 0 Å². The van der Waals surface area contributed by atoms with Crippen LogP contribution < -0.4 is 5.73 Å². The van der Waals surface area contributed by atoms with Gasteiger partial charge in [-0.05, 0) is 75.8 Å². The van der Waals surface area contributed by atoms with E-state index in [-0.39, 0.29) is 0 Å². The van der Waals surface area contributed by atoms with E-state index >= 15 is 0 Å². The molecule has 2 unspecified atom stereocenters. The molecule has 3 rings (SSSR count). The number of nitrogens with zero attached hydrogens (tertiary/aromatic N) is 1. The lowest BCUT2D eigenvalue weighted by Crippen LogP contribution is -2.51. The number of rotatable bonds is 4. The van der Waals surface area contributed by atoms with E-state index in [2.05, 4.69) is 11.8 Å². The Morgan fingerprint density at radius 2 is 1.57 bits per heavy atom. The van der Waals surface area contributed by atoms with Gasteiger partial charge in [0.25, 0.3) is 0 Å². The molecule has 0 aliphatic heterocycles. The predicted molar refractivity (Wildman–Crippen MR) is 90.3 cm³/mol. The van der Waals surface area contributed by atoms with Crippen LogP contribution in [0.4, 0.5) is 0 Å². The van der Waals surface area contributed by atoms with Crippen LogP contribution in [-0.2, 0) is 0 Å². The van der Waals surface area contributed by atoms with Crippen LogP contribution >= 0.6 is 0 Å². The minimum atomic E-state index is 0.765. The van der Waals surface area contributed by atoms with Crippen LogP contribution in [-0.4, -0.2) is 30.1 Å². The Morgan fingerprint density at radius 1 is 0.905 bits per heavy atom. The van der Waals surface area contributed by atoms with Crippen molar-refractivity contribution >= 4 is 0 Å². The first-order valence-electron chi connectivity index (χ1n) is 9.74. The van der Waals surface area contributed by atoms with Crippen LogP contribution in [0, 0.1) is 11.3 Å². The van der Waals surface area contributed by atoms with Crippen molar-refractivity contribution in [3.05, 3.63) is 0 Å². The first-order valence-corrected chi connectivity index (χ1v) is 9.74.